The van der Waals surface area contributed by atoms with Crippen LogP contribution in [0.1, 0.15) is 11.3 Å². The third-order valence-electron chi connectivity index (χ3n) is 4.77. The lowest BCUT2D eigenvalue weighted by molar-refractivity contribution is -0.122. The van der Waals surface area contributed by atoms with Crippen LogP contribution in [0.2, 0.25) is 0 Å². The molecule has 1 aromatic carbocycles. The van der Waals surface area contributed by atoms with Crippen molar-refractivity contribution in [3.05, 3.63) is 50.1 Å². The van der Waals surface area contributed by atoms with Crippen molar-refractivity contribution in [3.8, 4) is 0 Å². The summed E-state index contributed by atoms with van der Waals surface area (Å²) in [4.78, 5) is 40.8. The number of halogens is 2. The van der Waals surface area contributed by atoms with Crippen LogP contribution in [0, 0.1) is 6.92 Å². The number of carbonyl (C=O) groups excluding carboxylic acids is 3. The molecule has 0 radical (unpaired) electrons. The molecule has 0 saturated carbocycles. The van der Waals surface area contributed by atoms with Crippen LogP contribution in [0.4, 0.5) is 16.4 Å². The number of aryl methyl sites for hydroxylation is 1. The van der Waals surface area contributed by atoms with Crippen molar-refractivity contribution in [1.29, 1.82) is 0 Å². The third kappa shape index (κ3) is 3.94. The molecule has 2 fully saturated rings. The second-order valence-electron chi connectivity index (χ2n) is 6.79. The van der Waals surface area contributed by atoms with Crippen LogP contribution in [-0.4, -0.2) is 44.1 Å². The second-order valence-corrected chi connectivity index (χ2v) is 8.56. The molecule has 3 heterocycles. The average molecular weight is 539 g/mol. The lowest BCUT2D eigenvalue weighted by Crippen LogP contribution is -2.54. The van der Waals surface area contributed by atoms with Crippen LogP contribution in [0.5, 0.6) is 0 Å². The molecule has 0 unspecified atom stereocenters. The van der Waals surface area contributed by atoms with Crippen molar-refractivity contribution in [1.82, 2.24) is 5.32 Å². The molecule has 10 heteroatoms. The molecule has 2 aromatic rings. The summed E-state index contributed by atoms with van der Waals surface area (Å²) >= 11 is 6.82. The molecule has 2 aliphatic heterocycles. The molecule has 0 aliphatic carbocycles. The van der Waals surface area contributed by atoms with E-state index in [1.54, 1.807) is 31.2 Å². The zero-order valence-corrected chi connectivity index (χ0v) is 19.1. The number of carbonyl (C=O) groups is 3. The number of urea groups is 1. The highest BCUT2D eigenvalue weighted by Gasteiger charge is 2.37. The molecule has 2 saturated heterocycles. The molecule has 4 amide bonds. The first-order chi connectivity index (χ1) is 14.3. The number of morpholine rings is 1. The molecule has 8 nitrogen and oxygen atoms in total. The van der Waals surface area contributed by atoms with Crippen molar-refractivity contribution in [2.45, 2.75) is 6.92 Å². The first kappa shape index (κ1) is 20.8. The molecule has 1 N–H and O–H groups in total. The van der Waals surface area contributed by atoms with Gasteiger partial charge in [-0.1, -0.05) is 15.9 Å². The fourth-order valence-corrected chi connectivity index (χ4v) is 4.35. The van der Waals surface area contributed by atoms with Gasteiger partial charge < -0.3 is 14.1 Å². The van der Waals surface area contributed by atoms with Crippen LogP contribution in [0.25, 0.3) is 6.08 Å². The number of imide groups is 2. The van der Waals surface area contributed by atoms with E-state index in [2.05, 4.69) is 37.2 Å². The van der Waals surface area contributed by atoms with Crippen molar-refractivity contribution in [2.75, 3.05) is 36.1 Å². The van der Waals surface area contributed by atoms with Crippen LogP contribution < -0.4 is 15.1 Å². The number of anilines is 2. The Balaban J connectivity index is 1.68. The van der Waals surface area contributed by atoms with Crippen molar-refractivity contribution in [3.63, 3.8) is 0 Å². The third-order valence-corrected chi connectivity index (χ3v) is 5.84. The molecule has 4 rings (SSSR count). The van der Waals surface area contributed by atoms with Gasteiger partial charge in [-0.15, -0.1) is 0 Å². The summed E-state index contributed by atoms with van der Waals surface area (Å²) < 4.78 is 12.7. The van der Waals surface area contributed by atoms with Crippen LogP contribution in [-0.2, 0) is 14.3 Å². The fourth-order valence-electron chi connectivity index (χ4n) is 3.32. The molecule has 0 bridgehead atoms. The van der Waals surface area contributed by atoms with Crippen LogP contribution >= 0.6 is 31.9 Å². The quantitative estimate of drug-likeness (QED) is 0.474. The van der Waals surface area contributed by atoms with Crippen molar-refractivity contribution in [2.24, 2.45) is 0 Å². The van der Waals surface area contributed by atoms with Gasteiger partial charge in [0.15, 0.2) is 0 Å². The maximum atomic E-state index is 13.1. The smallest absolute Gasteiger partial charge is 0.335 e. The van der Waals surface area contributed by atoms with E-state index >= 15 is 0 Å². The van der Waals surface area contributed by atoms with E-state index in [1.165, 1.54) is 6.08 Å². The summed E-state index contributed by atoms with van der Waals surface area (Å²) in [5.74, 6) is -0.555. The summed E-state index contributed by atoms with van der Waals surface area (Å²) in [5.41, 5.74) is 0.914. The van der Waals surface area contributed by atoms with E-state index in [-0.39, 0.29) is 5.57 Å². The summed E-state index contributed by atoms with van der Waals surface area (Å²) in [6.45, 7) is 4.31. The summed E-state index contributed by atoms with van der Waals surface area (Å²) in [5, 5.41) is 2.22. The Kier molecular flexibility index (Phi) is 5.81. The van der Waals surface area contributed by atoms with Crippen molar-refractivity contribution >= 4 is 67.4 Å². The zero-order chi connectivity index (χ0) is 21.4. The minimum absolute atomic E-state index is 0.188. The van der Waals surface area contributed by atoms with Crippen LogP contribution in [0.3, 0.4) is 0 Å². The Labute approximate surface area is 189 Å². The van der Waals surface area contributed by atoms with Gasteiger partial charge in [0.05, 0.1) is 23.4 Å². The summed E-state index contributed by atoms with van der Waals surface area (Å²) in [7, 11) is 0. The number of nitrogens with zero attached hydrogens (tertiary/aromatic N) is 2. The number of benzene rings is 1. The number of furan rings is 1. The fraction of sp³-hybridized carbons (Fsp3) is 0.250. The lowest BCUT2D eigenvalue weighted by Gasteiger charge is -2.27. The number of rotatable bonds is 3. The highest BCUT2D eigenvalue weighted by molar-refractivity contribution is 9.10. The van der Waals surface area contributed by atoms with Crippen LogP contribution in [0.15, 0.2) is 43.2 Å². The molecular formula is C20H17Br2N3O5. The second kappa shape index (κ2) is 8.37. The van der Waals surface area contributed by atoms with Crippen molar-refractivity contribution < 1.29 is 23.5 Å². The standard InChI is InChI=1S/C20H17Br2N3O5/c1-11-8-12(21)2-3-16(11)25-18(27)14(17(26)23-20(25)28)9-13-10-15(22)19(30-13)24-4-6-29-7-5-24/h2-3,8-10H,4-7H2,1H3,(H,23,26,28)/b14-9+. The summed E-state index contributed by atoms with van der Waals surface area (Å²) in [6, 6.07) is 6.05. The number of amides is 4. The minimum Gasteiger partial charge on any atom is -0.440 e. The summed E-state index contributed by atoms with van der Waals surface area (Å²) in [6.07, 6.45) is 1.35. The molecule has 2 aliphatic rings. The van der Waals surface area contributed by atoms with E-state index in [9.17, 15) is 14.4 Å². The number of nitrogens with one attached hydrogen (secondary N) is 1. The largest absolute Gasteiger partial charge is 0.440 e. The Bertz CT molecular complexity index is 1070. The number of hydrogen-bond donors (Lipinski definition) is 1. The van der Waals surface area contributed by atoms with E-state index in [0.29, 0.717) is 53.7 Å². The maximum Gasteiger partial charge on any atom is 0.335 e. The Morgan fingerprint density at radius 1 is 1.10 bits per heavy atom. The molecule has 30 heavy (non-hydrogen) atoms. The normalized spacial score (nSPS) is 18.9. The van der Waals surface area contributed by atoms with E-state index in [1.807, 2.05) is 4.90 Å². The van der Waals surface area contributed by atoms with Gasteiger partial charge in [-0.3, -0.25) is 14.9 Å². The van der Waals surface area contributed by atoms with Gasteiger partial charge in [0, 0.05) is 23.6 Å². The molecule has 0 spiro atoms. The van der Waals surface area contributed by atoms with Gasteiger partial charge in [-0.25, -0.2) is 9.69 Å². The first-order valence-electron chi connectivity index (χ1n) is 9.15. The van der Waals surface area contributed by atoms with E-state index in [4.69, 9.17) is 9.15 Å². The molecule has 1 aromatic heterocycles. The average Bonchev–Trinajstić information content (AvgIpc) is 3.07. The van der Waals surface area contributed by atoms with E-state index in [0.717, 1.165) is 9.37 Å². The molecule has 0 atom stereocenters. The number of barbiturate groups is 1. The highest BCUT2D eigenvalue weighted by atomic mass is 79.9. The van der Waals surface area contributed by atoms with Gasteiger partial charge in [0.1, 0.15) is 11.3 Å². The van der Waals surface area contributed by atoms with Gasteiger partial charge in [-0.2, -0.15) is 0 Å². The molecule has 156 valence electrons. The zero-order valence-electron chi connectivity index (χ0n) is 15.9. The lowest BCUT2D eigenvalue weighted by atomic mass is 10.1. The minimum atomic E-state index is -0.790. The number of hydrogen-bond acceptors (Lipinski definition) is 6. The van der Waals surface area contributed by atoms with Gasteiger partial charge in [0.2, 0.25) is 5.88 Å². The van der Waals surface area contributed by atoms with E-state index < -0.39 is 17.8 Å². The Hall–Kier alpha value is -2.43. The Morgan fingerprint density at radius 2 is 1.83 bits per heavy atom. The first-order valence-corrected chi connectivity index (χ1v) is 10.7. The monoisotopic (exact) mass is 537 g/mol. The van der Waals surface area contributed by atoms with Gasteiger partial charge >= 0.3 is 6.03 Å². The van der Waals surface area contributed by atoms with Gasteiger partial charge in [0.25, 0.3) is 11.8 Å². The predicted molar refractivity (Wildman–Crippen MR) is 117 cm³/mol. The maximum absolute atomic E-state index is 13.1. The van der Waals surface area contributed by atoms with Gasteiger partial charge in [-0.05, 0) is 52.7 Å². The predicted octanol–water partition coefficient (Wildman–Crippen LogP) is 3.62. The topological polar surface area (TPSA) is 92.1 Å². The number of ether oxygens (including phenoxy) is 1. The SMILES string of the molecule is Cc1cc(Br)ccc1N1C(=O)NC(=O)/C(=C\c2cc(Br)c(N3CCOCC3)o2)C1=O. The highest BCUT2D eigenvalue weighted by Crippen LogP contribution is 2.33. The Morgan fingerprint density at radius 3 is 2.53 bits per heavy atom. The molecular weight excluding hydrogens is 522 g/mol.